The second-order valence-corrected chi connectivity index (χ2v) is 9.69. The summed E-state index contributed by atoms with van der Waals surface area (Å²) >= 11 is 1.44. The Kier molecular flexibility index (Phi) is 10.1. The standard InChI is InChI=1S/C29H32N2O4S/c1-4-6-18-35-29(34)22-14-16-23(17-15-22)30-28(33)26(5-2)36-25-9-7-8-24(19-25)31-27(32)21-12-10-20(3)11-13-21/h7-17,19,26H,4-6,18H2,1-3H3,(H,30,33)(H,31,32). The quantitative estimate of drug-likeness (QED) is 0.172. The first-order valence-corrected chi connectivity index (χ1v) is 13.0. The Bertz CT molecular complexity index is 1180. The van der Waals surface area contributed by atoms with Gasteiger partial charge in [-0.2, -0.15) is 0 Å². The van der Waals surface area contributed by atoms with Gasteiger partial charge in [0.25, 0.3) is 5.91 Å². The Hall–Kier alpha value is -3.58. The van der Waals surface area contributed by atoms with Gasteiger partial charge in [-0.25, -0.2) is 4.79 Å². The molecule has 6 nitrogen and oxygen atoms in total. The van der Waals surface area contributed by atoms with Crippen LogP contribution in [0.1, 0.15) is 59.4 Å². The molecule has 2 N–H and O–H groups in total. The van der Waals surface area contributed by atoms with E-state index in [2.05, 4.69) is 10.6 Å². The number of hydrogen-bond acceptors (Lipinski definition) is 5. The molecule has 0 heterocycles. The number of aryl methyl sites for hydroxylation is 1. The SMILES string of the molecule is CCCCOC(=O)c1ccc(NC(=O)C(CC)Sc2cccc(NC(=O)c3ccc(C)cc3)c2)cc1. The summed E-state index contributed by atoms with van der Waals surface area (Å²) in [6, 6.07) is 21.6. The van der Waals surface area contributed by atoms with E-state index >= 15 is 0 Å². The number of carbonyl (C=O) groups is 3. The summed E-state index contributed by atoms with van der Waals surface area (Å²) in [5.74, 6) is -0.674. The third kappa shape index (κ3) is 7.99. The van der Waals surface area contributed by atoms with Crippen molar-refractivity contribution >= 4 is 40.9 Å². The third-order valence-corrected chi connectivity index (χ3v) is 6.82. The zero-order chi connectivity index (χ0) is 25.9. The summed E-state index contributed by atoms with van der Waals surface area (Å²) in [6.07, 6.45) is 2.41. The fourth-order valence-electron chi connectivity index (χ4n) is 3.35. The lowest BCUT2D eigenvalue weighted by atomic mass is 10.1. The molecule has 3 rings (SSSR count). The molecule has 1 atom stereocenters. The molecule has 0 aliphatic carbocycles. The van der Waals surface area contributed by atoms with Gasteiger partial charge < -0.3 is 15.4 Å². The minimum absolute atomic E-state index is 0.130. The molecule has 36 heavy (non-hydrogen) atoms. The highest BCUT2D eigenvalue weighted by molar-refractivity contribution is 8.00. The van der Waals surface area contributed by atoms with Gasteiger partial charge in [-0.1, -0.05) is 44.0 Å². The predicted molar refractivity (Wildman–Crippen MR) is 146 cm³/mol. The van der Waals surface area contributed by atoms with E-state index in [0.29, 0.717) is 35.5 Å². The molecule has 0 saturated carbocycles. The number of amides is 2. The number of unbranched alkanes of at least 4 members (excludes halogenated alkanes) is 1. The molecular weight excluding hydrogens is 472 g/mol. The Labute approximate surface area is 216 Å². The lowest BCUT2D eigenvalue weighted by molar-refractivity contribution is -0.115. The van der Waals surface area contributed by atoms with Crippen molar-refractivity contribution in [3.63, 3.8) is 0 Å². The van der Waals surface area contributed by atoms with Gasteiger partial charge in [0.1, 0.15) is 0 Å². The van der Waals surface area contributed by atoms with Crippen molar-refractivity contribution in [1.82, 2.24) is 0 Å². The van der Waals surface area contributed by atoms with Gasteiger partial charge >= 0.3 is 5.97 Å². The summed E-state index contributed by atoms with van der Waals surface area (Å²) in [5, 5.41) is 5.51. The molecule has 2 amide bonds. The van der Waals surface area contributed by atoms with Gasteiger partial charge in [-0.3, -0.25) is 9.59 Å². The highest BCUT2D eigenvalue weighted by atomic mass is 32.2. The topological polar surface area (TPSA) is 84.5 Å². The molecule has 0 spiro atoms. The monoisotopic (exact) mass is 504 g/mol. The smallest absolute Gasteiger partial charge is 0.338 e. The highest BCUT2D eigenvalue weighted by Crippen LogP contribution is 2.29. The summed E-state index contributed by atoms with van der Waals surface area (Å²) in [5.41, 5.74) is 3.42. The lowest BCUT2D eigenvalue weighted by Crippen LogP contribution is -2.24. The van der Waals surface area contributed by atoms with Crippen molar-refractivity contribution in [3.8, 4) is 0 Å². The minimum atomic E-state index is -0.363. The maximum Gasteiger partial charge on any atom is 0.338 e. The van der Waals surface area contributed by atoms with Gasteiger partial charge in [0.15, 0.2) is 0 Å². The first kappa shape index (κ1) is 27.0. The molecule has 188 valence electrons. The molecule has 0 radical (unpaired) electrons. The number of anilines is 2. The van der Waals surface area contributed by atoms with Gasteiger partial charge in [0, 0.05) is 21.8 Å². The van der Waals surface area contributed by atoms with Gasteiger partial charge in [-0.15, -0.1) is 11.8 Å². The second-order valence-electron chi connectivity index (χ2n) is 8.42. The fraction of sp³-hybridized carbons (Fsp3) is 0.276. The average molecular weight is 505 g/mol. The molecule has 1 unspecified atom stereocenters. The normalized spacial score (nSPS) is 11.4. The first-order valence-electron chi connectivity index (χ1n) is 12.1. The average Bonchev–Trinajstić information content (AvgIpc) is 2.88. The number of ether oxygens (including phenoxy) is 1. The Balaban J connectivity index is 1.58. The van der Waals surface area contributed by atoms with Crippen LogP contribution in [-0.2, 0) is 9.53 Å². The van der Waals surface area contributed by atoms with Crippen LogP contribution in [0.25, 0.3) is 0 Å². The zero-order valence-electron chi connectivity index (χ0n) is 20.9. The van der Waals surface area contributed by atoms with Crippen molar-refractivity contribution in [3.05, 3.63) is 89.5 Å². The molecule has 0 saturated heterocycles. The number of benzene rings is 3. The molecule has 0 bridgehead atoms. The second kappa shape index (κ2) is 13.5. The Morgan fingerprint density at radius 1 is 0.861 bits per heavy atom. The number of esters is 1. The van der Waals surface area contributed by atoms with Crippen molar-refractivity contribution < 1.29 is 19.1 Å². The van der Waals surface area contributed by atoms with Crippen molar-refractivity contribution in [2.24, 2.45) is 0 Å². The van der Waals surface area contributed by atoms with Crippen LogP contribution in [0.3, 0.4) is 0 Å². The van der Waals surface area contributed by atoms with Crippen LogP contribution in [0.15, 0.2) is 77.7 Å². The van der Waals surface area contributed by atoms with Crippen LogP contribution in [-0.4, -0.2) is 29.6 Å². The number of thioether (sulfide) groups is 1. The summed E-state index contributed by atoms with van der Waals surface area (Å²) in [6.45, 7) is 6.37. The Morgan fingerprint density at radius 3 is 2.22 bits per heavy atom. The summed E-state index contributed by atoms with van der Waals surface area (Å²) in [7, 11) is 0. The molecule has 7 heteroatoms. The van der Waals surface area contributed by atoms with Crippen LogP contribution in [0.2, 0.25) is 0 Å². The van der Waals surface area contributed by atoms with Crippen LogP contribution < -0.4 is 10.6 Å². The number of carbonyl (C=O) groups excluding carboxylic acids is 3. The van der Waals surface area contributed by atoms with E-state index in [-0.39, 0.29) is 23.0 Å². The van der Waals surface area contributed by atoms with E-state index in [1.807, 2.05) is 57.2 Å². The maximum atomic E-state index is 12.9. The van der Waals surface area contributed by atoms with Crippen LogP contribution in [0, 0.1) is 6.92 Å². The van der Waals surface area contributed by atoms with Crippen molar-refractivity contribution in [1.29, 1.82) is 0 Å². The van der Waals surface area contributed by atoms with E-state index in [0.717, 1.165) is 23.3 Å². The number of rotatable bonds is 11. The fourth-order valence-corrected chi connectivity index (χ4v) is 4.36. The number of nitrogens with one attached hydrogen (secondary N) is 2. The molecule has 3 aromatic carbocycles. The van der Waals surface area contributed by atoms with E-state index in [1.54, 1.807) is 36.4 Å². The van der Waals surface area contributed by atoms with Crippen LogP contribution in [0.5, 0.6) is 0 Å². The molecule has 0 aliphatic heterocycles. The summed E-state index contributed by atoms with van der Waals surface area (Å²) in [4.78, 5) is 38.4. The predicted octanol–water partition coefficient (Wildman–Crippen LogP) is 6.71. The minimum Gasteiger partial charge on any atom is -0.462 e. The van der Waals surface area contributed by atoms with Gasteiger partial charge in [-0.05, 0) is 74.4 Å². The van der Waals surface area contributed by atoms with Gasteiger partial charge in [0.2, 0.25) is 5.91 Å². The largest absolute Gasteiger partial charge is 0.462 e. The van der Waals surface area contributed by atoms with Crippen LogP contribution in [0.4, 0.5) is 11.4 Å². The van der Waals surface area contributed by atoms with Crippen molar-refractivity contribution in [2.45, 2.75) is 50.2 Å². The molecule has 3 aromatic rings. The maximum absolute atomic E-state index is 12.9. The van der Waals surface area contributed by atoms with E-state index in [1.165, 1.54) is 11.8 Å². The van der Waals surface area contributed by atoms with E-state index in [4.69, 9.17) is 4.74 Å². The Morgan fingerprint density at radius 2 is 1.56 bits per heavy atom. The van der Waals surface area contributed by atoms with E-state index < -0.39 is 0 Å². The molecule has 0 fully saturated rings. The van der Waals surface area contributed by atoms with Crippen LogP contribution >= 0.6 is 11.8 Å². The highest BCUT2D eigenvalue weighted by Gasteiger charge is 2.19. The van der Waals surface area contributed by atoms with E-state index in [9.17, 15) is 14.4 Å². The third-order valence-electron chi connectivity index (χ3n) is 5.47. The number of hydrogen-bond donors (Lipinski definition) is 2. The molecular formula is C29H32N2O4S. The first-order chi connectivity index (χ1) is 17.4. The van der Waals surface area contributed by atoms with Crippen molar-refractivity contribution in [2.75, 3.05) is 17.2 Å². The van der Waals surface area contributed by atoms with Gasteiger partial charge in [0.05, 0.1) is 17.4 Å². The molecule has 0 aromatic heterocycles. The zero-order valence-corrected chi connectivity index (χ0v) is 21.7. The summed E-state index contributed by atoms with van der Waals surface area (Å²) < 4.78 is 5.22. The molecule has 0 aliphatic rings. The lowest BCUT2D eigenvalue weighted by Gasteiger charge is -2.16.